The van der Waals surface area contributed by atoms with Crippen molar-refractivity contribution in [3.63, 3.8) is 0 Å². The van der Waals surface area contributed by atoms with Crippen LogP contribution in [0.15, 0.2) is 53.3 Å². The molecule has 0 radical (unpaired) electrons. The molecule has 0 aliphatic carbocycles. The number of hydrogen-bond acceptors (Lipinski definition) is 2. The van der Waals surface area contributed by atoms with Gasteiger partial charge in [-0.2, -0.15) is 0 Å². The van der Waals surface area contributed by atoms with E-state index >= 15 is 0 Å². The summed E-state index contributed by atoms with van der Waals surface area (Å²) in [6.45, 7) is 6.55. The van der Waals surface area contributed by atoms with Crippen LogP contribution in [0.5, 0.6) is 0 Å². The first-order chi connectivity index (χ1) is 12.7. The van der Waals surface area contributed by atoms with Crippen LogP contribution in [-0.2, 0) is 12.5 Å². The number of aromatic nitrogens is 2. The molecule has 0 bridgehead atoms. The maximum atomic E-state index is 12.5. The zero-order chi connectivity index (χ0) is 19.6. The van der Waals surface area contributed by atoms with E-state index in [-0.39, 0.29) is 11.0 Å². The lowest BCUT2D eigenvalue weighted by Crippen LogP contribution is -2.35. The smallest absolute Gasteiger partial charge is 0.274 e. The monoisotopic (exact) mass is 381 g/mol. The summed E-state index contributed by atoms with van der Waals surface area (Å²) < 4.78 is 1.48. The van der Waals surface area contributed by atoms with Gasteiger partial charge in [-0.25, -0.2) is 0 Å². The molecule has 2 aromatic carbocycles. The summed E-state index contributed by atoms with van der Waals surface area (Å²) in [5.74, 6) is 0. The summed E-state index contributed by atoms with van der Waals surface area (Å²) in [5, 5.41) is 8.29. The number of rotatable bonds is 3. The fourth-order valence-corrected chi connectivity index (χ4v) is 2.91. The van der Waals surface area contributed by atoms with Gasteiger partial charge in [-0.1, -0.05) is 56.6 Å². The Bertz CT molecular complexity index is 1100. The molecular formula is C22H24ClN3O. The van der Waals surface area contributed by atoms with Crippen molar-refractivity contribution in [2.75, 3.05) is 5.32 Å². The fraction of sp³-hybridized carbons (Fsp3) is 0.227. The Balaban J connectivity index is 2.00. The molecule has 0 fully saturated rings. The van der Waals surface area contributed by atoms with E-state index in [1.165, 1.54) is 10.2 Å². The topological polar surface area (TPSA) is 49.8 Å². The van der Waals surface area contributed by atoms with Crippen molar-refractivity contribution in [2.24, 2.45) is 7.05 Å². The molecule has 1 heterocycles. The van der Waals surface area contributed by atoms with Crippen molar-refractivity contribution in [1.29, 1.82) is 0 Å². The van der Waals surface area contributed by atoms with E-state index in [1.54, 1.807) is 13.2 Å². The Labute approximate surface area is 163 Å². The first kappa shape index (κ1) is 19.1. The SMILES string of the molecule is Cn1[nH]c(=C\Nc2ccc(Cl)cc2)/c(=C\c2ccc(C(C)(C)C)cc2)c1=O. The van der Waals surface area contributed by atoms with Crippen molar-refractivity contribution < 1.29 is 0 Å². The van der Waals surface area contributed by atoms with Crippen molar-refractivity contribution in [3.8, 4) is 0 Å². The molecule has 0 atom stereocenters. The Morgan fingerprint density at radius 1 is 1.04 bits per heavy atom. The average Bonchev–Trinajstić information content (AvgIpc) is 2.89. The summed E-state index contributed by atoms with van der Waals surface area (Å²) in [6, 6.07) is 15.7. The zero-order valence-corrected chi connectivity index (χ0v) is 16.8. The molecule has 27 heavy (non-hydrogen) atoms. The van der Waals surface area contributed by atoms with Gasteiger partial charge in [0.15, 0.2) is 0 Å². The van der Waals surface area contributed by atoms with Gasteiger partial charge in [0.05, 0.1) is 10.6 Å². The van der Waals surface area contributed by atoms with Crippen molar-refractivity contribution >= 4 is 29.6 Å². The molecule has 1 aromatic heterocycles. The molecule has 3 aromatic rings. The van der Waals surface area contributed by atoms with Gasteiger partial charge in [-0.15, -0.1) is 0 Å². The number of benzene rings is 2. The molecule has 0 aliphatic rings. The lowest BCUT2D eigenvalue weighted by atomic mass is 9.87. The standard InChI is InChI=1S/C22H24ClN3O/c1-22(2,3)16-7-5-15(6-8-16)13-19-20(25-26(4)21(19)27)14-24-18-11-9-17(23)10-12-18/h5-14,24-25H,1-4H3/b19-13+,20-14-. The fourth-order valence-electron chi connectivity index (χ4n) is 2.78. The Hall–Kier alpha value is -2.72. The molecule has 0 spiro atoms. The Morgan fingerprint density at radius 2 is 1.67 bits per heavy atom. The van der Waals surface area contributed by atoms with Crippen LogP contribution in [-0.4, -0.2) is 9.78 Å². The Morgan fingerprint density at radius 3 is 2.26 bits per heavy atom. The minimum Gasteiger partial charge on any atom is -0.360 e. The second kappa shape index (κ2) is 7.49. The highest BCUT2D eigenvalue weighted by molar-refractivity contribution is 6.30. The van der Waals surface area contributed by atoms with Crippen LogP contribution in [0.2, 0.25) is 5.02 Å². The number of H-pyrrole nitrogens is 1. The maximum absolute atomic E-state index is 12.5. The van der Waals surface area contributed by atoms with Gasteiger partial charge in [0, 0.05) is 24.0 Å². The van der Waals surface area contributed by atoms with Crippen LogP contribution in [0.4, 0.5) is 5.69 Å². The molecule has 0 aliphatic heterocycles. The largest absolute Gasteiger partial charge is 0.360 e. The maximum Gasteiger partial charge on any atom is 0.274 e. The van der Waals surface area contributed by atoms with E-state index in [4.69, 9.17) is 11.6 Å². The number of hydrogen-bond donors (Lipinski definition) is 2. The summed E-state index contributed by atoms with van der Waals surface area (Å²) in [6.07, 6.45) is 3.70. The van der Waals surface area contributed by atoms with Gasteiger partial charge in [0.25, 0.3) is 5.56 Å². The van der Waals surface area contributed by atoms with Crippen LogP contribution in [0.1, 0.15) is 31.9 Å². The zero-order valence-electron chi connectivity index (χ0n) is 16.0. The normalized spacial score (nSPS) is 13.2. The minimum atomic E-state index is -0.0703. The highest BCUT2D eigenvalue weighted by atomic mass is 35.5. The van der Waals surface area contributed by atoms with Crippen molar-refractivity contribution in [3.05, 3.63) is 85.6 Å². The molecule has 0 amide bonds. The van der Waals surface area contributed by atoms with Crippen LogP contribution in [0.3, 0.4) is 0 Å². The summed E-state index contributed by atoms with van der Waals surface area (Å²) in [7, 11) is 1.71. The molecule has 5 heteroatoms. The third kappa shape index (κ3) is 4.52. The third-order valence-corrected chi connectivity index (χ3v) is 4.68. The number of anilines is 1. The van der Waals surface area contributed by atoms with Gasteiger partial charge in [0.1, 0.15) is 0 Å². The number of aromatic amines is 1. The van der Waals surface area contributed by atoms with Crippen molar-refractivity contribution in [1.82, 2.24) is 9.78 Å². The van der Waals surface area contributed by atoms with Crippen LogP contribution < -0.4 is 21.4 Å². The predicted octanol–water partition coefficient (Wildman–Crippen LogP) is 3.34. The summed E-state index contributed by atoms with van der Waals surface area (Å²) >= 11 is 5.91. The molecule has 4 nitrogen and oxygen atoms in total. The van der Waals surface area contributed by atoms with Crippen LogP contribution >= 0.6 is 11.6 Å². The second-order valence-corrected chi connectivity index (χ2v) is 8.05. The molecular weight excluding hydrogens is 358 g/mol. The molecule has 0 saturated carbocycles. The van der Waals surface area contributed by atoms with E-state index in [9.17, 15) is 4.79 Å². The first-order valence-corrected chi connectivity index (χ1v) is 9.21. The highest BCUT2D eigenvalue weighted by Crippen LogP contribution is 2.22. The lowest BCUT2D eigenvalue weighted by Gasteiger charge is -2.18. The van der Waals surface area contributed by atoms with E-state index in [0.29, 0.717) is 10.2 Å². The minimum absolute atomic E-state index is 0.0703. The van der Waals surface area contributed by atoms with Crippen LogP contribution in [0, 0.1) is 0 Å². The third-order valence-electron chi connectivity index (χ3n) is 4.43. The van der Waals surface area contributed by atoms with Crippen LogP contribution in [0.25, 0.3) is 12.3 Å². The van der Waals surface area contributed by atoms with Gasteiger partial charge in [-0.3, -0.25) is 14.6 Å². The van der Waals surface area contributed by atoms with Gasteiger partial charge in [-0.05, 0) is 46.9 Å². The number of nitrogens with one attached hydrogen (secondary N) is 2. The van der Waals surface area contributed by atoms with Crippen molar-refractivity contribution in [2.45, 2.75) is 26.2 Å². The molecule has 0 unspecified atom stereocenters. The molecule has 0 saturated heterocycles. The van der Waals surface area contributed by atoms with Gasteiger partial charge in [0.2, 0.25) is 0 Å². The molecule has 140 valence electrons. The molecule has 3 rings (SSSR count). The first-order valence-electron chi connectivity index (χ1n) is 8.83. The summed E-state index contributed by atoms with van der Waals surface area (Å²) in [5.41, 5.74) is 3.17. The number of aryl methyl sites for hydroxylation is 1. The van der Waals surface area contributed by atoms with E-state index < -0.39 is 0 Å². The van der Waals surface area contributed by atoms with Gasteiger partial charge < -0.3 is 5.32 Å². The highest BCUT2D eigenvalue weighted by Gasteiger charge is 2.12. The predicted molar refractivity (Wildman–Crippen MR) is 114 cm³/mol. The average molecular weight is 382 g/mol. The number of halogens is 1. The second-order valence-electron chi connectivity index (χ2n) is 7.62. The van der Waals surface area contributed by atoms with E-state index in [0.717, 1.165) is 16.6 Å². The lowest BCUT2D eigenvalue weighted by molar-refractivity contribution is 0.590. The van der Waals surface area contributed by atoms with Gasteiger partial charge >= 0.3 is 0 Å². The quantitative estimate of drug-likeness (QED) is 0.731. The molecule has 2 N–H and O–H groups in total. The van der Waals surface area contributed by atoms with E-state index in [1.807, 2.05) is 42.5 Å². The number of nitrogens with zero attached hydrogens (tertiary/aromatic N) is 1. The Kier molecular flexibility index (Phi) is 5.29. The van der Waals surface area contributed by atoms with E-state index in [2.05, 4.69) is 43.3 Å². The summed E-state index contributed by atoms with van der Waals surface area (Å²) in [4.78, 5) is 12.5.